The Labute approximate surface area is 77.9 Å². The zero-order valence-electron chi connectivity index (χ0n) is 8.13. The van der Waals surface area contributed by atoms with Gasteiger partial charge in [-0.1, -0.05) is 0 Å². The third kappa shape index (κ3) is 1.92. The summed E-state index contributed by atoms with van der Waals surface area (Å²) in [5.41, 5.74) is 1.78. The van der Waals surface area contributed by atoms with E-state index in [4.69, 9.17) is 14.6 Å². The molecule has 0 aliphatic heterocycles. The van der Waals surface area contributed by atoms with Gasteiger partial charge in [0, 0.05) is 11.6 Å². The lowest BCUT2D eigenvalue weighted by molar-refractivity contribution is 0.272. The molecule has 0 bridgehead atoms. The molecule has 0 saturated heterocycles. The molecule has 0 aromatic heterocycles. The molecule has 0 aliphatic carbocycles. The molecule has 0 heterocycles. The van der Waals surface area contributed by atoms with Gasteiger partial charge >= 0.3 is 0 Å². The highest BCUT2D eigenvalue weighted by Gasteiger charge is 2.07. The molecule has 0 aliphatic rings. The smallest absolute Gasteiger partial charge is 0.128 e. The van der Waals surface area contributed by atoms with Gasteiger partial charge in [0.2, 0.25) is 0 Å². The fourth-order valence-corrected chi connectivity index (χ4v) is 1.26. The average Bonchev–Trinajstić information content (AvgIpc) is 2.16. The molecule has 0 saturated carbocycles. The molecule has 0 unspecified atom stereocenters. The Morgan fingerprint density at radius 1 is 1.23 bits per heavy atom. The molecule has 0 atom stereocenters. The number of hydrogen-bond donors (Lipinski definition) is 1. The molecule has 0 fully saturated rings. The Kier molecular flexibility index (Phi) is 3.14. The molecule has 0 amide bonds. The topological polar surface area (TPSA) is 38.7 Å². The van der Waals surface area contributed by atoms with E-state index in [1.807, 2.05) is 13.0 Å². The van der Waals surface area contributed by atoms with E-state index in [0.29, 0.717) is 5.75 Å². The second kappa shape index (κ2) is 4.14. The van der Waals surface area contributed by atoms with E-state index in [1.54, 1.807) is 20.3 Å². The molecule has 1 aromatic carbocycles. The van der Waals surface area contributed by atoms with Crippen molar-refractivity contribution in [2.24, 2.45) is 0 Å². The lowest BCUT2D eigenvalue weighted by Gasteiger charge is -2.11. The Hall–Kier alpha value is -1.22. The van der Waals surface area contributed by atoms with E-state index in [2.05, 4.69) is 0 Å². The van der Waals surface area contributed by atoms with Gasteiger partial charge in [-0.3, -0.25) is 0 Å². The van der Waals surface area contributed by atoms with Crippen molar-refractivity contribution in [1.82, 2.24) is 0 Å². The fourth-order valence-electron chi connectivity index (χ4n) is 1.26. The van der Waals surface area contributed by atoms with Crippen molar-refractivity contribution in [2.45, 2.75) is 13.5 Å². The van der Waals surface area contributed by atoms with Crippen LogP contribution in [0.1, 0.15) is 11.1 Å². The molecule has 3 nitrogen and oxygen atoms in total. The first-order chi connectivity index (χ1) is 6.22. The predicted molar refractivity (Wildman–Crippen MR) is 50.2 cm³/mol. The number of rotatable bonds is 3. The second-order valence-corrected chi connectivity index (χ2v) is 2.78. The fraction of sp³-hybridized carbons (Fsp3) is 0.400. The van der Waals surface area contributed by atoms with Crippen LogP contribution in [0.4, 0.5) is 0 Å². The van der Waals surface area contributed by atoms with Crippen LogP contribution >= 0.6 is 0 Å². The monoisotopic (exact) mass is 182 g/mol. The summed E-state index contributed by atoms with van der Waals surface area (Å²) >= 11 is 0. The first-order valence-corrected chi connectivity index (χ1v) is 4.05. The maximum Gasteiger partial charge on any atom is 0.128 e. The van der Waals surface area contributed by atoms with Gasteiger partial charge in [0.25, 0.3) is 0 Å². The van der Waals surface area contributed by atoms with Crippen molar-refractivity contribution in [3.63, 3.8) is 0 Å². The third-order valence-electron chi connectivity index (χ3n) is 2.02. The normalized spacial score (nSPS) is 9.85. The number of methoxy groups -OCH3 is 2. The minimum Gasteiger partial charge on any atom is -0.497 e. The average molecular weight is 182 g/mol. The quantitative estimate of drug-likeness (QED) is 0.770. The van der Waals surface area contributed by atoms with Gasteiger partial charge in [-0.25, -0.2) is 0 Å². The predicted octanol–water partition coefficient (Wildman–Crippen LogP) is 1.50. The third-order valence-corrected chi connectivity index (χ3v) is 2.02. The first kappa shape index (κ1) is 9.86. The largest absolute Gasteiger partial charge is 0.497 e. The standard InChI is InChI=1S/C10H14O3/c1-7-4-8(12-2)5-10(13-3)9(7)6-11/h4-5,11H,6H2,1-3H3. The minimum atomic E-state index is -0.0149. The van der Waals surface area contributed by atoms with Gasteiger partial charge in [0.15, 0.2) is 0 Å². The Morgan fingerprint density at radius 3 is 2.38 bits per heavy atom. The Morgan fingerprint density at radius 2 is 1.92 bits per heavy atom. The van der Waals surface area contributed by atoms with Crippen molar-refractivity contribution < 1.29 is 14.6 Å². The van der Waals surface area contributed by atoms with Crippen LogP contribution in [-0.2, 0) is 6.61 Å². The molecular formula is C10H14O3. The number of benzene rings is 1. The van der Waals surface area contributed by atoms with Gasteiger partial charge < -0.3 is 14.6 Å². The number of ether oxygens (including phenoxy) is 2. The van der Waals surface area contributed by atoms with E-state index < -0.39 is 0 Å². The highest BCUT2D eigenvalue weighted by atomic mass is 16.5. The summed E-state index contributed by atoms with van der Waals surface area (Å²) in [6.07, 6.45) is 0. The molecule has 0 spiro atoms. The summed E-state index contributed by atoms with van der Waals surface area (Å²) in [5.74, 6) is 1.41. The van der Waals surface area contributed by atoms with Crippen LogP contribution in [0, 0.1) is 6.92 Å². The van der Waals surface area contributed by atoms with Crippen LogP contribution in [-0.4, -0.2) is 19.3 Å². The summed E-state index contributed by atoms with van der Waals surface area (Å²) in [6, 6.07) is 3.63. The number of aliphatic hydroxyl groups excluding tert-OH is 1. The lowest BCUT2D eigenvalue weighted by atomic mass is 10.1. The second-order valence-electron chi connectivity index (χ2n) is 2.78. The summed E-state index contributed by atoms with van der Waals surface area (Å²) in [6.45, 7) is 1.90. The zero-order valence-corrected chi connectivity index (χ0v) is 8.13. The summed E-state index contributed by atoms with van der Waals surface area (Å²) in [4.78, 5) is 0. The summed E-state index contributed by atoms with van der Waals surface area (Å²) < 4.78 is 10.2. The summed E-state index contributed by atoms with van der Waals surface area (Å²) in [7, 11) is 3.18. The molecule has 1 N–H and O–H groups in total. The first-order valence-electron chi connectivity index (χ1n) is 4.05. The van der Waals surface area contributed by atoms with Gasteiger partial charge in [0.1, 0.15) is 11.5 Å². The Balaban J connectivity index is 3.20. The van der Waals surface area contributed by atoms with Gasteiger partial charge in [-0.15, -0.1) is 0 Å². The van der Waals surface area contributed by atoms with Gasteiger partial charge in [-0.2, -0.15) is 0 Å². The van der Waals surface area contributed by atoms with Gasteiger partial charge in [0.05, 0.1) is 20.8 Å². The summed E-state index contributed by atoms with van der Waals surface area (Å²) in [5, 5.41) is 9.07. The maximum atomic E-state index is 9.07. The van der Waals surface area contributed by atoms with Crippen LogP contribution in [0.25, 0.3) is 0 Å². The number of aliphatic hydroxyl groups is 1. The van der Waals surface area contributed by atoms with Crippen molar-refractivity contribution in [3.8, 4) is 11.5 Å². The highest BCUT2D eigenvalue weighted by Crippen LogP contribution is 2.27. The van der Waals surface area contributed by atoms with Gasteiger partial charge in [-0.05, 0) is 18.6 Å². The van der Waals surface area contributed by atoms with Crippen molar-refractivity contribution in [2.75, 3.05) is 14.2 Å². The van der Waals surface area contributed by atoms with Crippen LogP contribution < -0.4 is 9.47 Å². The maximum absolute atomic E-state index is 9.07. The number of hydrogen-bond acceptors (Lipinski definition) is 3. The Bertz CT molecular complexity index is 294. The molecule has 72 valence electrons. The van der Waals surface area contributed by atoms with Crippen LogP contribution in [0.5, 0.6) is 11.5 Å². The van der Waals surface area contributed by atoms with E-state index in [9.17, 15) is 0 Å². The molecule has 13 heavy (non-hydrogen) atoms. The molecule has 3 heteroatoms. The zero-order chi connectivity index (χ0) is 9.84. The molecule has 1 aromatic rings. The van der Waals surface area contributed by atoms with E-state index >= 15 is 0 Å². The van der Waals surface area contributed by atoms with E-state index in [1.165, 1.54) is 0 Å². The molecule has 1 rings (SSSR count). The minimum absolute atomic E-state index is 0.0149. The highest BCUT2D eigenvalue weighted by molar-refractivity contribution is 5.45. The van der Waals surface area contributed by atoms with E-state index in [-0.39, 0.29) is 6.61 Å². The van der Waals surface area contributed by atoms with Crippen molar-refractivity contribution >= 4 is 0 Å². The van der Waals surface area contributed by atoms with Crippen molar-refractivity contribution in [3.05, 3.63) is 23.3 Å². The van der Waals surface area contributed by atoms with Crippen LogP contribution in [0.3, 0.4) is 0 Å². The number of aryl methyl sites for hydroxylation is 1. The van der Waals surface area contributed by atoms with Crippen LogP contribution in [0.15, 0.2) is 12.1 Å². The van der Waals surface area contributed by atoms with Crippen LogP contribution in [0.2, 0.25) is 0 Å². The molecule has 0 radical (unpaired) electrons. The van der Waals surface area contributed by atoms with E-state index in [0.717, 1.165) is 16.9 Å². The molecular weight excluding hydrogens is 168 g/mol. The lowest BCUT2D eigenvalue weighted by Crippen LogP contribution is -1.96. The van der Waals surface area contributed by atoms with Crippen molar-refractivity contribution in [1.29, 1.82) is 0 Å². The SMILES string of the molecule is COc1cc(C)c(CO)c(OC)c1.